The third-order valence-electron chi connectivity index (χ3n) is 3.37. The van der Waals surface area contributed by atoms with Crippen molar-refractivity contribution in [2.45, 2.75) is 78.2 Å². The topological polar surface area (TPSA) is 33.1 Å². The average molecular weight is 269 g/mol. The maximum Gasteiger partial charge on any atom is 0.0956 e. The lowest BCUT2D eigenvalue weighted by Crippen LogP contribution is -2.10. The first-order valence-corrected chi connectivity index (χ1v) is 8.06. The fourth-order valence-corrected chi connectivity index (χ4v) is 3.10. The number of rotatable bonds is 9. The van der Waals surface area contributed by atoms with Crippen LogP contribution in [-0.2, 0) is 6.42 Å². The monoisotopic (exact) mass is 269 g/mol. The fraction of sp³-hybridized carbons (Fsp3) is 0.800. The van der Waals surface area contributed by atoms with E-state index in [4.69, 9.17) is 0 Å². The van der Waals surface area contributed by atoms with E-state index in [0.717, 1.165) is 30.0 Å². The number of hydrogen-bond donors (Lipinski definition) is 1. The fourth-order valence-electron chi connectivity index (χ4n) is 2.09. The zero-order valence-corrected chi connectivity index (χ0v) is 12.9. The van der Waals surface area contributed by atoms with Crippen molar-refractivity contribution < 1.29 is 5.11 Å². The SMILES string of the molecule is CCCCCCCCC(O)Cc1nc(C)c(C)s1. The highest BCUT2D eigenvalue weighted by molar-refractivity contribution is 7.11. The lowest BCUT2D eigenvalue weighted by Gasteiger charge is -2.08. The zero-order chi connectivity index (χ0) is 13.4. The summed E-state index contributed by atoms with van der Waals surface area (Å²) >= 11 is 1.72. The smallest absolute Gasteiger partial charge is 0.0956 e. The Balaban J connectivity index is 2.12. The summed E-state index contributed by atoms with van der Waals surface area (Å²) in [5, 5.41) is 11.1. The van der Waals surface area contributed by atoms with Crippen LogP contribution in [0.1, 0.15) is 67.4 Å². The van der Waals surface area contributed by atoms with Gasteiger partial charge < -0.3 is 5.11 Å². The number of thiazole rings is 1. The van der Waals surface area contributed by atoms with Gasteiger partial charge in [0.05, 0.1) is 16.8 Å². The first kappa shape index (κ1) is 15.6. The molecule has 0 aliphatic heterocycles. The van der Waals surface area contributed by atoms with E-state index in [2.05, 4.69) is 18.8 Å². The normalized spacial score (nSPS) is 12.9. The highest BCUT2D eigenvalue weighted by atomic mass is 32.1. The molecule has 0 aliphatic rings. The molecule has 1 aromatic heterocycles. The minimum absolute atomic E-state index is 0.207. The first-order valence-electron chi connectivity index (χ1n) is 7.24. The van der Waals surface area contributed by atoms with E-state index in [1.807, 2.05) is 6.92 Å². The Bertz CT molecular complexity index is 316. The van der Waals surface area contributed by atoms with Gasteiger partial charge >= 0.3 is 0 Å². The number of hydrogen-bond acceptors (Lipinski definition) is 3. The van der Waals surface area contributed by atoms with Crippen LogP contribution in [0.4, 0.5) is 0 Å². The number of nitrogens with zero attached hydrogens (tertiary/aromatic N) is 1. The Morgan fingerprint density at radius 3 is 2.39 bits per heavy atom. The Labute approximate surface area is 115 Å². The van der Waals surface area contributed by atoms with E-state index in [-0.39, 0.29) is 6.10 Å². The standard InChI is InChI=1S/C15H27NOS/c1-4-5-6-7-8-9-10-14(17)11-15-16-12(2)13(3)18-15/h14,17H,4-11H2,1-3H3. The number of aliphatic hydroxyl groups excluding tert-OH is 1. The molecule has 1 N–H and O–H groups in total. The maximum absolute atomic E-state index is 9.97. The molecule has 1 unspecified atom stereocenters. The molecule has 1 rings (SSSR count). The molecule has 0 saturated carbocycles. The molecule has 0 aliphatic carbocycles. The molecule has 1 aromatic rings. The second-order valence-electron chi connectivity index (χ2n) is 5.16. The zero-order valence-electron chi connectivity index (χ0n) is 12.0. The predicted molar refractivity (Wildman–Crippen MR) is 79.3 cm³/mol. The van der Waals surface area contributed by atoms with Crippen LogP contribution in [-0.4, -0.2) is 16.2 Å². The predicted octanol–water partition coefficient (Wildman–Crippen LogP) is 4.41. The van der Waals surface area contributed by atoms with Gasteiger partial charge in [0.1, 0.15) is 0 Å². The van der Waals surface area contributed by atoms with E-state index in [0.29, 0.717) is 0 Å². The van der Waals surface area contributed by atoms with Crippen LogP contribution in [0.5, 0.6) is 0 Å². The minimum Gasteiger partial charge on any atom is -0.393 e. The summed E-state index contributed by atoms with van der Waals surface area (Å²) in [6.07, 6.45) is 9.15. The van der Waals surface area contributed by atoms with Gasteiger partial charge in [0.25, 0.3) is 0 Å². The van der Waals surface area contributed by atoms with E-state index < -0.39 is 0 Å². The van der Waals surface area contributed by atoms with Crippen molar-refractivity contribution in [3.8, 4) is 0 Å². The van der Waals surface area contributed by atoms with Crippen molar-refractivity contribution in [1.29, 1.82) is 0 Å². The van der Waals surface area contributed by atoms with Crippen molar-refractivity contribution in [1.82, 2.24) is 4.98 Å². The molecule has 0 spiro atoms. The van der Waals surface area contributed by atoms with E-state index in [9.17, 15) is 5.11 Å². The number of aryl methyl sites for hydroxylation is 2. The van der Waals surface area contributed by atoms with Gasteiger partial charge in [0, 0.05) is 11.3 Å². The van der Waals surface area contributed by atoms with Crippen LogP contribution in [0, 0.1) is 13.8 Å². The number of aliphatic hydroxyl groups is 1. The van der Waals surface area contributed by atoms with Gasteiger partial charge in [0.15, 0.2) is 0 Å². The Kier molecular flexibility index (Phi) is 7.52. The maximum atomic E-state index is 9.97. The van der Waals surface area contributed by atoms with Crippen LogP contribution in [0.25, 0.3) is 0 Å². The molecule has 18 heavy (non-hydrogen) atoms. The summed E-state index contributed by atoms with van der Waals surface area (Å²) in [5.74, 6) is 0. The molecule has 1 heterocycles. The van der Waals surface area contributed by atoms with Crippen molar-refractivity contribution in [2.24, 2.45) is 0 Å². The molecule has 3 heteroatoms. The Hall–Kier alpha value is -0.410. The van der Waals surface area contributed by atoms with Gasteiger partial charge in [-0.1, -0.05) is 45.4 Å². The lowest BCUT2D eigenvalue weighted by molar-refractivity contribution is 0.160. The molecule has 0 radical (unpaired) electrons. The third kappa shape index (κ3) is 5.96. The highest BCUT2D eigenvalue weighted by Crippen LogP contribution is 2.19. The van der Waals surface area contributed by atoms with Crippen molar-refractivity contribution in [3.63, 3.8) is 0 Å². The van der Waals surface area contributed by atoms with Crippen LogP contribution in [0.15, 0.2) is 0 Å². The van der Waals surface area contributed by atoms with Gasteiger partial charge in [-0.15, -0.1) is 11.3 Å². The van der Waals surface area contributed by atoms with Crippen LogP contribution >= 0.6 is 11.3 Å². The van der Waals surface area contributed by atoms with Gasteiger partial charge in [-0.25, -0.2) is 4.98 Å². The largest absolute Gasteiger partial charge is 0.393 e. The molecule has 0 fully saturated rings. The number of unbranched alkanes of at least 4 members (excludes halogenated alkanes) is 5. The summed E-state index contributed by atoms with van der Waals surface area (Å²) in [6.45, 7) is 6.37. The highest BCUT2D eigenvalue weighted by Gasteiger charge is 2.10. The van der Waals surface area contributed by atoms with Crippen molar-refractivity contribution in [3.05, 3.63) is 15.6 Å². The summed E-state index contributed by atoms with van der Waals surface area (Å²) in [6, 6.07) is 0. The summed E-state index contributed by atoms with van der Waals surface area (Å²) in [5.41, 5.74) is 1.11. The molecular formula is C15H27NOS. The Morgan fingerprint density at radius 1 is 1.11 bits per heavy atom. The average Bonchev–Trinajstić information content (AvgIpc) is 2.62. The van der Waals surface area contributed by atoms with E-state index in [1.165, 1.54) is 37.0 Å². The summed E-state index contributed by atoms with van der Waals surface area (Å²) < 4.78 is 0. The number of aromatic nitrogens is 1. The van der Waals surface area contributed by atoms with Gasteiger partial charge in [-0.05, 0) is 20.3 Å². The lowest BCUT2D eigenvalue weighted by atomic mass is 10.1. The molecule has 104 valence electrons. The first-order chi connectivity index (χ1) is 8.63. The van der Waals surface area contributed by atoms with E-state index in [1.54, 1.807) is 11.3 Å². The molecule has 0 saturated heterocycles. The molecule has 0 bridgehead atoms. The van der Waals surface area contributed by atoms with E-state index >= 15 is 0 Å². The van der Waals surface area contributed by atoms with Crippen molar-refractivity contribution >= 4 is 11.3 Å². The second kappa shape index (κ2) is 8.65. The molecule has 1 atom stereocenters. The Morgan fingerprint density at radius 2 is 1.78 bits per heavy atom. The quantitative estimate of drug-likeness (QED) is 0.673. The molecule has 0 aromatic carbocycles. The third-order valence-corrected chi connectivity index (χ3v) is 4.47. The van der Waals surface area contributed by atoms with Gasteiger partial charge in [-0.2, -0.15) is 0 Å². The van der Waals surface area contributed by atoms with Crippen molar-refractivity contribution in [2.75, 3.05) is 0 Å². The van der Waals surface area contributed by atoms with Crippen LogP contribution in [0.3, 0.4) is 0 Å². The molecular weight excluding hydrogens is 242 g/mol. The van der Waals surface area contributed by atoms with Gasteiger partial charge in [0.2, 0.25) is 0 Å². The second-order valence-corrected chi connectivity index (χ2v) is 6.45. The van der Waals surface area contributed by atoms with Gasteiger partial charge in [-0.3, -0.25) is 0 Å². The molecule has 0 amide bonds. The summed E-state index contributed by atoms with van der Waals surface area (Å²) in [7, 11) is 0. The minimum atomic E-state index is -0.207. The van der Waals surface area contributed by atoms with Crippen LogP contribution < -0.4 is 0 Å². The van der Waals surface area contributed by atoms with Crippen LogP contribution in [0.2, 0.25) is 0 Å². The molecule has 2 nitrogen and oxygen atoms in total. The summed E-state index contributed by atoms with van der Waals surface area (Å²) in [4.78, 5) is 5.75.